The molecular weight excluding hydrogens is 420 g/mol. The first-order valence-electron chi connectivity index (χ1n) is 7.85. The van der Waals surface area contributed by atoms with Crippen LogP contribution < -0.4 is 10.2 Å². The van der Waals surface area contributed by atoms with E-state index in [0.29, 0.717) is 23.5 Å². The third-order valence-corrected chi connectivity index (χ3v) is 6.37. The topological polar surface area (TPSA) is 86.7 Å². The number of nitrogens with one attached hydrogen (secondary N) is 1. The Labute approximate surface area is 161 Å². The van der Waals surface area contributed by atoms with Gasteiger partial charge in [-0.25, -0.2) is 4.79 Å². The third-order valence-electron chi connectivity index (χ3n) is 4.47. The van der Waals surface area contributed by atoms with Crippen molar-refractivity contribution >= 4 is 56.9 Å². The summed E-state index contributed by atoms with van der Waals surface area (Å²) in [7, 11) is 0. The van der Waals surface area contributed by atoms with Crippen LogP contribution in [0.15, 0.2) is 46.9 Å². The van der Waals surface area contributed by atoms with Crippen molar-refractivity contribution < 1.29 is 19.5 Å². The number of rotatable bonds is 2. The van der Waals surface area contributed by atoms with E-state index in [1.54, 1.807) is 18.2 Å². The van der Waals surface area contributed by atoms with Crippen molar-refractivity contribution in [3.8, 4) is 0 Å². The first-order valence-corrected chi connectivity index (χ1v) is 9.63. The summed E-state index contributed by atoms with van der Waals surface area (Å²) in [5, 5.41) is 12.0. The molecule has 6 nitrogen and oxygen atoms in total. The van der Waals surface area contributed by atoms with Crippen LogP contribution in [0.3, 0.4) is 0 Å². The van der Waals surface area contributed by atoms with Gasteiger partial charge in [0.2, 0.25) is 10.8 Å². The minimum atomic E-state index is -1.20. The van der Waals surface area contributed by atoms with E-state index in [4.69, 9.17) is 5.11 Å². The van der Waals surface area contributed by atoms with Crippen molar-refractivity contribution in [1.29, 1.82) is 0 Å². The van der Waals surface area contributed by atoms with Gasteiger partial charge in [-0.1, -0.05) is 15.9 Å². The third kappa shape index (κ3) is 2.44. The lowest BCUT2D eigenvalue weighted by molar-refractivity contribution is -0.124. The van der Waals surface area contributed by atoms with E-state index in [1.165, 1.54) is 28.8 Å². The predicted octanol–water partition coefficient (Wildman–Crippen LogP) is 3.42. The molecule has 0 aliphatic carbocycles. The van der Waals surface area contributed by atoms with E-state index in [-0.39, 0.29) is 17.4 Å². The Bertz CT molecular complexity index is 947. The van der Waals surface area contributed by atoms with Crippen LogP contribution in [0.25, 0.3) is 0 Å². The Balaban J connectivity index is 1.89. The number of nitrogens with zero attached hydrogens (tertiary/aromatic N) is 1. The van der Waals surface area contributed by atoms with Gasteiger partial charge in [-0.3, -0.25) is 14.5 Å². The molecule has 132 valence electrons. The van der Waals surface area contributed by atoms with Gasteiger partial charge in [0.15, 0.2) is 0 Å². The molecule has 1 spiro atoms. The Kier molecular flexibility index (Phi) is 4.04. The lowest BCUT2D eigenvalue weighted by atomic mass is 10.0. The van der Waals surface area contributed by atoms with Crippen molar-refractivity contribution in [2.24, 2.45) is 0 Å². The van der Waals surface area contributed by atoms with E-state index >= 15 is 0 Å². The molecule has 2 amide bonds. The molecule has 1 atom stereocenters. The highest BCUT2D eigenvalue weighted by molar-refractivity contribution is 9.10. The summed E-state index contributed by atoms with van der Waals surface area (Å²) in [5.74, 6) is -0.957. The van der Waals surface area contributed by atoms with Gasteiger partial charge in [0, 0.05) is 33.6 Å². The summed E-state index contributed by atoms with van der Waals surface area (Å²) in [6.45, 7) is 0. The number of thioether (sulfide) groups is 1. The van der Waals surface area contributed by atoms with E-state index in [2.05, 4.69) is 21.2 Å². The normalized spacial score (nSPS) is 21.7. The Morgan fingerprint density at radius 3 is 2.62 bits per heavy atom. The molecule has 4 rings (SSSR count). The smallest absolute Gasteiger partial charge is 0.335 e. The van der Waals surface area contributed by atoms with Crippen LogP contribution in [0.2, 0.25) is 0 Å². The number of aromatic carboxylic acids is 1. The van der Waals surface area contributed by atoms with Crippen LogP contribution in [0.5, 0.6) is 0 Å². The van der Waals surface area contributed by atoms with Crippen molar-refractivity contribution in [2.45, 2.75) is 11.3 Å². The second kappa shape index (κ2) is 6.14. The molecule has 1 fully saturated rings. The van der Waals surface area contributed by atoms with Crippen LogP contribution in [0.4, 0.5) is 11.4 Å². The zero-order valence-electron chi connectivity index (χ0n) is 13.4. The fourth-order valence-corrected chi connectivity index (χ4v) is 5.09. The summed E-state index contributed by atoms with van der Waals surface area (Å²) in [6.07, 6.45) is 0.309. The molecule has 2 aliphatic heterocycles. The number of fused-ring (bicyclic) bond motifs is 2. The maximum Gasteiger partial charge on any atom is 0.335 e. The number of amides is 2. The highest BCUT2D eigenvalue weighted by Crippen LogP contribution is 2.53. The van der Waals surface area contributed by atoms with E-state index < -0.39 is 10.8 Å². The van der Waals surface area contributed by atoms with Crippen molar-refractivity contribution in [3.63, 3.8) is 0 Å². The van der Waals surface area contributed by atoms with Gasteiger partial charge >= 0.3 is 5.97 Å². The predicted molar refractivity (Wildman–Crippen MR) is 102 cm³/mol. The van der Waals surface area contributed by atoms with Gasteiger partial charge < -0.3 is 10.4 Å². The highest BCUT2D eigenvalue weighted by atomic mass is 79.9. The van der Waals surface area contributed by atoms with Crippen molar-refractivity contribution in [2.75, 3.05) is 16.0 Å². The number of carboxylic acid groups (broad SMARTS) is 1. The van der Waals surface area contributed by atoms with Crippen LogP contribution in [-0.2, 0) is 14.5 Å². The molecule has 0 aromatic heterocycles. The summed E-state index contributed by atoms with van der Waals surface area (Å²) in [6, 6.07) is 11.5. The van der Waals surface area contributed by atoms with Crippen molar-refractivity contribution in [1.82, 2.24) is 0 Å². The van der Waals surface area contributed by atoms with Crippen molar-refractivity contribution in [3.05, 3.63) is 58.1 Å². The first kappa shape index (κ1) is 17.1. The largest absolute Gasteiger partial charge is 0.478 e. The Morgan fingerprint density at radius 2 is 1.92 bits per heavy atom. The number of hydrogen-bond acceptors (Lipinski definition) is 4. The fraction of sp³-hybridized carbons (Fsp3) is 0.167. The van der Waals surface area contributed by atoms with Crippen LogP contribution in [0.1, 0.15) is 22.3 Å². The first-order chi connectivity index (χ1) is 12.4. The maximum atomic E-state index is 13.0. The van der Waals surface area contributed by atoms with Crippen LogP contribution in [0, 0.1) is 0 Å². The Hall–Kier alpha value is -2.32. The zero-order valence-corrected chi connectivity index (χ0v) is 15.8. The molecule has 0 bridgehead atoms. The molecule has 2 aliphatic rings. The average Bonchev–Trinajstić information content (AvgIpc) is 2.87. The number of carbonyl (C=O) groups excluding carboxylic acids is 2. The van der Waals surface area contributed by atoms with Gasteiger partial charge in [-0.15, -0.1) is 11.8 Å². The summed E-state index contributed by atoms with van der Waals surface area (Å²) in [4.78, 5) is 37.2. The van der Waals surface area contributed by atoms with Gasteiger partial charge in [0.25, 0.3) is 5.91 Å². The summed E-state index contributed by atoms with van der Waals surface area (Å²) >= 11 is 4.84. The number of anilines is 2. The average molecular weight is 433 g/mol. The van der Waals surface area contributed by atoms with Gasteiger partial charge in [0.1, 0.15) is 0 Å². The zero-order chi connectivity index (χ0) is 18.5. The van der Waals surface area contributed by atoms with E-state index in [9.17, 15) is 14.4 Å². The molecule has 2 heterocycles. The molecule has 26 heavy (non-hydrogen) atoms. The lowest BCUT2D eigenvalue weighted by Gasteiger charge is -2.42. The number of halogens is 1. The highest BCUT2D eigenvalue weighted by Gasteiger charge is 2.56. The molecule has 0 radical (unpaired) electrons. The lowest BCUT2D eigenvalue weighted by Crippen LogP contribution is -2.54. The van der Waals surface area contributed by atoms with Gasteiger partial charge in [-0.05, 0) is 42.5 Å². The molecular formula is C18H13BrN2O4S. The second-order valence-corrected chi connectivity index (χ2v) is 8.17. The van der Waals surface area contributed by atoms with Gasteiger partial charge in [-0.2, -0.15) is 0 Å². The minimum absolute atomic E-state index is 0.124. The summed E-state index contributed by atoms with van der Waals surface area (Å²) in [5.41, 5.74) is 2.01. The summed E-state index contributed by atoms with van der Waals surface area (Å²) < 4.78 is 0.812. The number of carboxylic acids is 1. The van der Waals surface area contributed by atoms with E-state index in [0.717, 1.165) is 10.0 Å². The molecule has 8 heteroatoms. The van der Waals surface area contributed by atoms with Crippen LogP contribution in [-0.4, -0.2) is 28.6 Å². The Morgan fingerprint density at radius 1 is 1.19 bits per heavy atom. The monoisotopic (exact) mass is 432 g/mol. The SMILES string of the molecule is O=C(O)c1ccc(N2C(=O)CCSC23C(=O)Nc2ccc(Br)cc23)cc1. The molecule has 2 N–H and O–H groups in total. The molecule has 1 saturated heterocycles. The number of hydrogen-bond donors (Lipinski definition) is 2. The standard InChI is InChI=1S/C18H13BrN2O4S/c19-11-3-6-14-13(9-11)18(17(25)20-14)21(15(22)7-8-26-18)12-4-1-10(2-5-12)16(23)24/h1-6,9H,7-8H2,(H,20,25)(H,23,24). The molecule has 0 saturated carbocycles. The molecule has 2 aromatic rings. The minimum Gasteiger partial charge on any atom is -0.478 e. The molecule has 2 aromatic carbocycles. The van der Waals surface area contributed by atoms with Crippen LogP contribution >= 0.6 is 27.7 Å². The number of benzene rings is 2. The van der Waals surface area contributed by atoms with E-state index in [1.807, 2.05) is 12.1 Å². The van der Waals surface area contributed by atoms with Gasteiger partial charge in [0.05, 0.1) is 5.56 Å². The maximum absolute atomic E-state index is 13.0. The second-order valence-electron chi connectivity index (χ2n) is 5.97. The quantitative estimate of drug-likeness (QED) is 0.758. The molecule has 1 unspecified atom stereocenters. The number of carbonyl (C=O) groups is 3. The fourth-order valence-electron chi connectivity index (χ4n) is 3.32.